The normalized spacial score (nSPS) is 18.0. The highest BCUT2D eigenvalue weighted by atomic mass is 19.4. The van der Waals surface area contributed by atoms with Gasteiger partial charge in [-0.05, 0) is 56.0 Å². The van der Waals surface area contributed by atoms with Crippen LogP contribution in [-0.4, -0.2) is 43.5 Å². The zero-order valence-electron chi connectivity index (χ0n) is 20.8. The molecule has 2 atom stereocenters. The molecule has 0 unspecified atom stereocenters. The highest BCUT2D eigenvalue weighted by Crippen LogP contribution is 2.42. The number of alkyl halides is 3. The number of methoxy groups -OCH3 is 1. The van der Waals surface area contributed by atoms with Crippen LogP contribution in [0.2, 0.25) is 0 Å². The Hall–Kier alpha value is -3.30. The number of amides is 1. The number of carbonyl (C=O) groups is 1. The number of halogens is 3. The fraction of sp³-hybridized carbons (Fsp3) is 0.480. The van der Waals surface area contributed by atoms with Gasteiger partial charge in [0.15, 0.2) is 5.69 Å². The predicted molar refractivity (Wildman–Crippen MR) is 125 cm³/mol. The molecule has 188 valence electrons. The van der Waals surface area contributed by atoms with Crippen molar-refractivity contribution in [2.45, 2.75) is 58.3 Å². The first-order valence-electron chi connectivity index (χ1n) is 11.7. The number of rotatable bonds is 5. The molecule has 0 N–H and O–H groups in total. The second kappa shape index (κ2) is 9.05. The van der Waals surface area contributed by atoms with E-state index in [-0.39, 0.29) is 18.0 Å². The number of aromatic nitrogens is 4. The fourth-order valence-corrected chi connectivity index (χ4v) is 5.10. The van der Waals surface area contributed by atoms with Gasteiger partial charge in [-0.25, -0.2) is 0 Å². The second-order valence-corrected chi connectivity index (χ2v) is 9.01. The Bertz CT molecular complexity index is 1260. The average molecular weight is 490 g/mol. The van der Waals surface area contributed by atoms with Crippen molar-refractivity contribution in [3.05, 3.63) is 52.3 Å². The molecule has 35 heavy (non-hydrogen) atoms. The molecule has 3 aromatic rings. The highest BCUT2D eigenvalue weighted by Gasteiger charge is 2.41. The quantitative estimate of drug-likeness (QED) is 0.501. The summed E-state index contributed by atoms with van der Waals surface area (Å²) in [6, 6.07) is 6.08. The van der Waals surface area contributed by atoms with Gasteiger partial charge in [0, 0.05) is 31.3 Å². The number of nitrogens with zero attached hydrogens (tertiary/aromatic N) is 5. The van der Waals surface area contributed by atoms with Gasteiger partial charge in [0.2, 0.25) is 0 Å². The first-order chi connectivity index (χ1) is 16.5. The fourth-order valence-electron chi connectivity index (χ4n) is 5.10. The molecule has 4 rings (SSSR count). The van der Waals surface area contributed by atoms with Crippen molar-refractivity contribution in [1.82, 2.24) is 24.5 Å². The third-order valence-electron chi connectivity index (χ3n) is 6.70. The number of fused-ring (bicyclic) bond motifs is 1. The van der Waals surface area contributed by atoms with E-state index in [1.807, 2.05) is 37.8 Å². The molecule has 10 heteroatoms. The van der Waals surface area contributed by atoms with E-state index in [1.165, 1.54) is 11.7 Å². The Morgan fingerprint density at radius 1 is 1.09 bits per heavy atom. The van der Waals surface area contributed by atoms with E-state index < -0.39 is 11.9 Å². The summed E-state index contributed by atoms with van der Waals surface area (Å²) >= 11 is 0. The summed E-state index contributed by atoms with van der Waals surface area (Å²) in [6.45, 7) is 5.92. The van der Waals surface area contributed by atoms with Crippen molar-refractivity contribution in [3.63, 3.8) is 0 Å². The number of hydrogen-bond donors (Lipinski definition) is 0. The molecule has 1 aliphatic rings. The first kappa shape index (κ1) is 24.8. The molecule has 0 spiro atoms. The topological polar surface area (TPSA) is 65.2 Å². The Labute approximate surface area is 202 Å². The molecule has 1 aliphatic heterocycles. The Morgan fingerprint density at radius 3 is 2.37 bits per heavy atom. The average Bonchev–Trinajstić information content (AvgIpc) is 3.35. The van der Waals surface area contributed by atoms with Gasteiger partial charge in [0.25, 0.3) is 5.91 Å². The summed E-state index contributed by atoms with van der Waals surface area (Å²) in [6.07, 6.45) is -2.73. The van der Waals surface area contributed by atoms with Crippen LogP contribution < -0.4 is 4.74 Å². The molecule has 2 aromatic heterocycles. The monoisotopic (exact) mass is 489 g/mol. The van der Waals surface area contributed by atoms with Gasteiger partial charge in [0.05, 0.1) is 30.2 Å². The van der Waals surface area contributed by atoms with E-state index in [0.29, 0.717) is 42.0 Å². The zero-order chi connectivity index (χ0) is 25.7. The minimum absolute atomic E-state index is 0.108. The van der Waals surface area contributed by atoms with Gasteiger partial charge >= 0.3 is 6.18 Å². The molecule has 0 bridgehead atoms. The van der Waals surface area contributed by atoms with Gasteiger partial charge in [-0.2, -0.15) is 23.4 Å². The minimum Gasteiger partial charge on any atom is -0.497 e. The van der Waals surface area contributed by atoms with E-state index in [9.17, 15) is 18.0 Å². The summed E-state index contributed by atoms with van der Waals surface area (Å²) in [5.74, 6) is 0.507. The van der Waals surface area contributed by atoms with Crippen molar-refractivity contribution in [2.75, 3.05) is 7.11 Å². The number of carbonyl (C=O) groups excluding carboxylic acids is 1. The van der Waals surface area contributed by atoms with Crippen molar-refractivity contribution in [3.8, 4) is 17.1 Å². The van der Waals surface area contributed by atoms with E-state index in [1.54, 1.807) is 24.9 Å². The van der Waals surface area contributed by atoms with Crippen LogP contribution in [0.1, 0.15) is 65.6 Å². The third-order valence-corrected chi connectivity index (χ3v) is 6.70. The van der Waals surface area contributed by atoms with Crippen LogP contribution in [0.3, 0.4) is 0 Å². The predicted octanol–water partition coefficient (Wildman–Crippen LogP) is 5.08. The Morgan fingerprint density at radius 2 is 1.80 bits per heavy atom. The van der Waals surface area contributed by atoms with Crippen LogP contribution in [0.4, 0.5) is 13.2 Å². The lowest BCUT2D eigenvalue weighted by molar-refractivity contribution is -0.141. The molecule has 7 nitrogen and oxygen atoms in total. The van der Waals surface area contributed by atoms with E-state index in [4.69, 9.17) is 9.84 Å². The summed E-state index contributed by atoms with van der Waals surface area (Å²) in [5.41, 5.74) is 3.06. The second-order valence-electron chi connectivity index (χ2n) is 9.01. The number of ether oxygens (including phenoxy) is 1. The van der Waals surface area contributed by atoms with Gasteiger partial charge in [-0.3, -0.25) is 14.2 Å². The van der Waals surface area contributed by atoms with Crippen LogP contribution in [0.15, 0.2) is 24.3 Å². The lowest BCUT2D eigenvalue weighted by Gasteiger charge is -2.41. The van der Waals surface area contributed by atoms with Crippen LogP contribution in [0, 0.1) is 6.92 Å². The molecule has 0 aliphatic carbocycles. The largest absolute Gasteiger partial charge is 0.497 e. The molecule has 3 heterocycles. The van der Waals surface area contributed by atoms with E-state index in [0.717, 1.165) is 22.9 Å². The van der Waals surface area contributed by atoms with E-state index >= 15 is 0 Å². The van der Waals surface area contributed by atoms with Gasteiger partial charge < -0.3 is 9.64 Å². The maximum absolute atomic E-state index is 13.8. The van der Waals surface area contributed by atoms with Crippen molar-refractivity contribution >= 4 is 5.91 Å². The summed E-state index contributed by atoms with van der Waals surface area (Å²) in [4.78, 5) is 15.7. The molecular formula is C25H30F3N5O2. The molecule has 0 saturated carbocycles. The van der Waals surface area contributed by atoms with Gasteiger partial charge in [-0.1, -0.05) is 13.8 Å². The van der Waals surface area contributed by atoms with E-state index in [2.05, 4.69) is 5.10 Å². The lowest BCUT2D eigenvalue weighted by Crippen LogP contribution is -2.47. The number of aryl methyl sites for hydroxylation is 3. The number of benzene rings is 1. The zero-order valence-corrected chi connectivity index (χ0v) is 20.8. The van der Waals surface area contributed by atoms with Crippen molar-refractivity contribution < 1.29 is 22.7 Å². The molecule has 0 radical (unpaired) electrons. The Balaban J connectivity index is 1.82. The van der Waals surface area contributed by atoms with Crippen molar-refractivity contribution in [1.29, 1.82) is 0 Å². The Kier molecular flexibility index (Phi) is 6.42. The maximum atomic E-state index is 13.8. The van der Waals surface area contributed by atoms with Crippen LogP contribution >= 0.6 is 0 Å². The van der Waals surface area contributed by atoms with Gasteiger partial charge in [-0.15, -0.1) is 0 Å². The van der Waals surface area contributed by atoms with Crippen LogP contribution in [0.5, 0.6) is 5.75 Å². The van der Waals surface area contributed by atoms with Gasteiger partial charge in [0.1, 0.15) is 5.75 Å². The highest BCUT2D eigenvalue weighted by molar-refractivity contribution is 5.95. The molecular weight excluding hydrogens is 459 g/mol. The lowest BCUT2D eigenvalue weighted by atomic mass is 9.88. The number of hydrogen-bond acceptors (Lipinski definition) is 4. The summed E-state index contributed by atoms with van der Waals surface area (Å²) < 4.78 is 48.2. The first-order valence-corrected chi connectivity index (χ1v) is 11.7. The smallest absolute Gasteiger partial charge is 0.435 e. The summed E-state index contributed by atoms with van der Waals surface area (Å²) in [5, 5.41) is 8.40. The maximum Gasteiger partial charge on any atom is 0.435 e. The van der Waals surface area contributed by atoms with Crippen molar-refractivity contribution in [2.24, 2.45) is 14.1 Å². The molecule has 1 amide bonds. The molecule has 0 saturated heterocycles. The third kappa shape index (κ3) is 4.30. The SMILES string of the molecule is CC[C@H]1Cc2c(nn(C)c2-c2cc(C(F)(F)F)nn2C)[C@@H](CC)N1C(=O)c1cc(C)cc(OC)c1. The standard InChI is InChI=1S/C25H30F3N5O2/c1-7-16-12-18-22(30-32(5)23(18)20-13-21(25(26,27)28)29-31(20)4)19(8-2)33(16)24(34)15-9-14(3)10-17(11-15)35-6/h9-11,13,16,19H,7-8,12H2,1-6H3/t16-,19+/m0/s1. The van der Waals surface area contributed by atoms with Crippen LogP contribution in [-0.2, 0) is 26.7 Å². The van der Waals surface area contributed by atoms with Crippen LogP contribution in [0.25, 0.3) is 11.4 Å². The molecule has 1 aromatic carbocycles. The molecule has 0 fully saturated rings. The minimum atomic E-state index is -4.54. The summed E-state index contributed by atoms with van der Waals surface area (Å²) in [7, 11) is 4.79.